The normalized spacial score (nSPS) is 17.3. The summed E-state index contributed by atoms with van der Waals surface area (Å²) in [6.45, 7) is 2.21. The maximum Gasteiger partial charge on any atom is 0.243 e. The molecule has 1 aliphatic heterocycles. The topological polar surface area (TPSA) is 104 Å². The molecule has 1 atom stereocenters. The molecule has 0 radical (unpaired) electrons. The van der Waals surface area contributed by atoms with Crippen LogP contribution in [-0.2, 0) is 24.8 Å². The predicted octanol–water partition coefficient (Wildman–Crippen LogP) is 1.23. The van der Waals surface area contributed by atoms with E-state index < -0.39 is 26.1 Å². The van der Waals surface area contributed by atoms with Crippen molar-refractivity contribution in [3.05, 3.63) is 29.3 Å². The van der Waals surface area contributed by atoms with E-state index in [0.29, 0.717) is 17.2 Å². The third-order valence-corrected chi connectivity index (χ3v) is 8.82. The number of halogens is 1. The Morgan fingerprint density at radius 2 is 1.72 bits per heavy atom. The van der Waals surface area contributed by atoms with Gasteiger partial charge in [0.05, 0.1) is 10.6 Å². The maximum absolute atomic E-state index is 12.9. The number of sulfonamides is 2. The van der Waals surface area contributed by atoms with Gasteiger partial charge in [-0.15, -0.1) is 0 Å². The Kier molecular flexibility index (Phi) is 8.80. The molecule has 1 N–H and O–H groups in total. The largest absolute Gasteiger partial charge is 0.339 e. The number of carbonyl (C=O) groups excluding carboxylic acids is 1. The van der Waals surface area contributed by atoms with E-state index in [1.54, 1.807) is 0 Å². The van der Waals surface area contributed by atoms with Crippen LogP contribution in [-0.4, -0.2) is 81.9 Å². The van der Waals surface area contributed by atoms with Crippen molar-refractivity contribution < 1.29 is 21.6 Å². The van der Waals surface area contributed by atoms with Crippen LogP contribution in [0.25, 0.3) is 0 Å². The number of piperazine rings is 1. The monoisotopic (exact) mass is 483 g/mol. The zero-order valence-corrected chi connectivity index (χ0v) is 19.6. The molecular formula is C17H26ClN3O5S3. The van der Waals surface area contributed by atoms with Crippen LogP contribution in [0.4, 0.5) is 0 Å². The van der Waals surface area contributed by atoms with Crippen LogP contribution in [0.2, 0.25) is 5.02 Å². The highest BCUT2D eigenvalue weighted by molar-refractivity contribution is 7.98. The minimum atomic E-state index is -3.67. The van der Waals surface area contributed by atoms with Crippen molar-refractivity contribution in [2.75, 3.05) is 43.9 Å². The predicted molar refractivity (Wildman–Crippen MR) is 116 cm³/mol. The number of benzene rings is 1. The first-order chi connectivity index (χ1) is 13.6. The first kappa shape index (κ1) is 24.4. The lowest BCUT2D eigenvalue weighted by atomic mass is 10.2. The lowest BCUT2D eigenvalue weighted by Crippen LogP contribution is -2.56. The third-order valence-electron chi connectivity index (χ3n) is 4.61. The van der Waals surface area contributed by atoms with Crippen LogP contribution in [0.5, 0.6) is 0 Å². The molecular weight excluding hydrogens is 458 g/mol. The average Bonchev–Trinajstić information content (AvgIpc) is 2.71. The Balaban J connectivity index is 2.05. The number of nitrogens with one attached hydrogen (secondary N) is 1. The van der Waals surface area contributed by atoms with Gasteiger partial charge in [0.2, 0.25) is 26.0 Å². The van der Waals surface area contributed by atoms with Gasteiger partial charge in [0.15, 0.2) is 0 Å². The molecule has 1 aromatic rings. The van der Waals surface area contributed by atoms with E-state index in [0.717, 1.165) is 0 Å². The zero-order chi connectivity index (χ0) is 21.7. The van der Waals surface area contributed by atoms with E-state index in [9.17, 15) is 21.6 Å². The fourth-order valence-electron chi connectivity index (χ4n) is 2.89. The summed E-state index contributed by atoms with van der Waals surface area (Å²) in [5, 5.41) is 0.449. The molecule has 8 nitrogen and oxygen atoms in total. The molecule has 1 heterocycles. The van der Waals surface area contributed by atoms with Crippen LogP contribution in [0, 0.1) is 0 Å². The highest BCUT2D eigenvalue weighted by Gasteiger charge is 2.33. The Hall–Kier alpha value is -0.850. The fraction of sp³-hybridized carbons (Fsp3) is 0.588. The van der Waals surface area contributed by atoms with E-state index in [-0.39, 0.29) is 42.7 Å². The van der Waals surface area contributed by atoms with Crippen LogP contribution < -0.4 is 4.72 Å². The molecule has 1 aliphatic rings. The van der Waals surface area contributed by atoms with Crippen molar-refractivity contribution in [2.45, 2.75) is 24.3 Å². The molecule has 1 saturated heterocycles. The number of hydrogen-bond acceptors (Lipinski definition) is 6. The van der Waals surface area contributed by atoms with Gasteiger partial charge in [-0.05, 0) is 49.6 Å². The summed E-state index contributed by atoms with van der Waals surface area (Å²) >= 11 is 7.35. The smallest absolute Gasteiger partial charge is 0.243 e. The van der Waals surface area contributed by atoms with Crippen molar-refractivity contribution in [3.63, 3.8) is 0 Å². The first-order valence-corrected chi connectivity index (χ1v) is 14.0. The molecule has 0 aromatic heterocycles. The average molecular weight is 484 g/mol. The van der Waals surface area contributed by atoms with Crippen molar-refractivity contribution >= 4 is 49.3 Å². The fourth-order valence-corrected chi connectivity index (χ4v) is 5.73. The second-order valence-electron chi connectivity index (χ2n) is 6.54. The van der Waals surface area contributed by atoms with Crippen LogP contribution in [0.15, 0.2) is 29.2 Å². The molecule has 29 heavy (non-hydrogen) atoms. The Labute approximate surface area is 182 Å². The minimum absolute atomic E-state index is 0.108. The van der Waals surface area contributed by atoms with Gasteiger partial charge in [0.1, 0.15) is 6.04 Å². The molecule has 2 rings (SSSR count). The van der Waals surface area contributed by atoms with Gasteiger partial charge in [-0.2, -0.15) is 16.1 Å². The van der Waals surface area contributed by atoms with Crippen molar-refractivity contribution in [1.29, 1.82) is 0 Å². The van der Waals surface area contributed by atoms with Crippen molar-refractivity contribution in [2.24, 2.45) is 0 Å². The van der Waals surface area contributed by atoms with Crippen LogP contribution in [0.1, 0.15) is 13.3 Å². The highest BCUT2D eigenvalue weighted by Crippen LogP contribution is 2.20. The van der Waals surface area contributed by atoms with Gasteiger partial charge >= 0.3 is 0 Å². The lowest BCUT2D eigenvalue weighted by molar-refractivity contribution is -0.134. The molecule has 164 valence electrons. The van der Waals surface area contributed by atoms with Crippen molar-refractivity contribution in [3.8, 4) is 0 Å². The molecule has 1 fully saturated rings. The van der Waals surface area contributed by atoms with Crippen LogP contribution in [0.3, 0.4) is 0 Å². The standard InChI is InChI=1S/C17H26ClN3O5S3/c1-3-28(23,24)19-16(8-13-27-2)17(22)20-9-11-21(12-10-20)29(25,26)15-6-4-14(18)5-7-15/h4-7,16,19H,3,8-13H2,1-2H3. The number of amides is 1. The first-order valence-electron chi connectivity index (χ1n) is 9.14. The van der Waals surface area contributed by atoms with Gasteiger partial charge in [-0.1, -0.05) is 11.6 Å². The van der Waals surface area contributed by atoms with Gasteiger partial charge in [0, 0.05) is 31.2 Å². The maximum atomic E-state index is 12.9. The van der Waals surface area contributed by atoms with Gasteiger partial charge in [-0.3, -0.25) is 4.79 Å². The molecule has 0 bridgehead atoms. The summed E-state index contributed by atoms with van der Waals surface area (Å²) in [6, 6.07) is 5.10. The molecule has 1 unspecified atom stereocenters. The van der Waals surface area contributed by atoms with Crippen LogP contribution >= 0.6 is 23.4 Å². The van der Waals surface area contributed by atoms with E-state index >= 15 is 0 Å². The number of rotatable bonds is 9. The third kappa shape index (κ3) is 6.56. The summed E-state index contributed by atoms with van der Waals surface area (Å²) in [6.07, 6.45) is 2.26. The molecule has 0 saturated carbocycles. The second kappa shape index (κ2) is 10.5. The summed E-state index contributed by atoms with van der Waals surface area (Å²) in [4.78, 5) is 14.5. The molecule has 0 spiro atoms. The van der Waals surface area contributed by atoms with E-state index in [2.05, 4.69) is 4.72 Å². The molecule has 1 aromatic carbocycles. The lowest BCUT2D eigenvalue weighted by Gasteiger charge is -2.35. The van der Waals surface area contributed by atoms with Gasteiger partial charge in [0.25, 0.3) is 0 Å². The van der Waals surface area contributed by atoms with Gasteiger partial charge < -0.3 is 4.90 Å². The van der Waals surface area contributed by atoms with E-state index in [4.69, 9.17) is 11.6 Å². The van der Waals surface area contributed by atoms with Gasteiger partial charge in [-0.25, -0.2) is 21.6 Å². The number of nitrogens with zero attached hydrogens (tertiary/aromatic N) is 2. The number of hydrogen-bond donors (Lipinski definition) is 1. The molecule has 1 amide bonds. The Morgan fingerprint density at radius 1 is 1.14 bits per heavy atom. The van der Waals surface area contributed by atoms with Crippen molar-refractivity contribution in [1.82, 2.24) is 13.9 Å². The zero-order valence-electron chi connectivity index (χ0n) is 16.4. The Morgan fingerprint density at radius 3 is 2.24 bits per heavy atom. The second-order valence-corrected chi connectivity index (χ2v) is 11.9. The van der Waals surface area contributed by atoms with E-state index in [1.165, 1.54) is 52.2 Å². The highest BCUT2D eigenvalue weighted by atomic mass is 35.5. The Bertz CT molecular complexity index is 899. The summed E-state index contributed by atoms with van der Waals surface area (Å²) in [5.74, 6) is 0.205. The quantitative estimate of drug-likeness (QED) is 0.566. The summed E-state index contributed by atoms with van der Waals surface area (Å²) in [5.41, 5.74) is 0. The van der Waals surface area contributed by atoms with E-state index in [1.807, 2.05) is 6.26 Å². The minimum Gasteiger partial charge on any atom is -0.339 e. The number of thioether (sulfide) groups is 1. The summed E-state index contributed by atoms with van der Waals surface area (Å²) < 4.78 is 53.2. The SMILES string of the molecule is CCS(=O)(=O)NC(CCSC)C(=O)N1CCN(S(=O)(=O)c2ccc(Cl)cc2)CC1. The summed E-state index contributed by atoms with van der Waals surface area (Å²) in [7, 11) is -7.20. The number of carbonyl (C=O) groups is 1. The molecule has 0 aliphatic carbocycles. The molecule has 12 heteroatoms.